The highest BCUT2D eigenvalue weighted by atomic mass is 35.5. The highest BCUT2D eigenvalue weighted by Gasteiger charge is 2.21. The zero-order valence-corrected chi connectivity index (χ0v) is 15.0. The summed E-state index contributed by atoms with van der Waals surface area (Å²) < 4.78 is 15.0. The van der Waals surface area contributed by atoms with Crippen LogP contribution in [0.1, 0.15) is 17.7 Å². The second-order valence-corrected chi connectivity index (χ2v) is 6.77. The molecule has 1 aliphatic rings. The van der Waals surface area contributed by atoms with E-state index in [1.165, 1.54) is 6.07 Å². The van der Waals surface area contributed by atoms with E-state index in [4.69, 9.17) is 11.6 Å². The molecule has 2 aromatic rings. The fourth-order valence-corrected chi connectivity index (χ4v) is 3.18. The van der Waals surface area contributed by atoms with Crippen LogP contribution >= 0.6 is 11.6 Å². The Labute approximate surface area is 152 Å². The summed E-state index contributed by atoms with van der Waals surface area (Å²) in [6.45, 7) is 6.10. The molecule has 0 unspecified atom stereocenters. The molecule has 1 amide bonds. The summed E-state index contributed by atoms with van der Waals surface area (Å²) in [6.07, 6.45) is 2.17. The molecule has 0 spiro atoms. The average Bonchev–Trinajstić information content (AvgIpc) is 2.91. The number of halogens is 2. The van der Waals surface area contributed by atoms with Gasteiger partial charge in [0.1, 0.15) is 5.82 Å². The van der Waals surface area contributed by atoms with Gasteiger partial charge in [0, 0.05) is 51.9 Å². The number of piperazine rings is 1. The number of carbonyl (C=O) groups excluding carboxylic acids is 1. The Morgan fingerprint density at radius 3 is 2.68 bits per heavy atom. The van der Waals surface area contributed by atoms with Crippen molar-refractivity contribution >= 4 is 17.5 Å². The fraction of sp³-hybridized carbons (Fsp3) is 0.444. The molecule has 1 aromatic heterocycles. The van der Waals surface area contributed by atoms with E-state index in [2.05, 4.69) is 10.00 Å². The predicted octanol–water partition coefficient (Wildman–Crippen LogP) is 2.72. The van der Waals surface area contributed by atoms with Crippen LogP contribution in [0, 0.1) is 12.7 Å². The first kappa shape index (κ1) is 17.9. The van der Waals surface area contributed by atoms with E-state index in [9.17, 15) is 9.18 Å². The van der Waals surface area contributed by atoms with E-state index < -0.39 is 0 Å². The predicted molar refractivity (Wildman–Crippen MR) is 94.8 cm³/mol. The Bertz CT molecular complexity index is 721. The molecule has 3 rings (SSSR count). The quantitative estimate of drug-likeness (QED) is 0.819. The van der Waals surface area contributed by atoms with Crippen LogP contribution in [-0.2, 0) is 17.9 Å². The molecule has 1 saturated heterocycles. The van der Waals surface area contributed by atoms with Crippen LogP contribution in [-0.4, -0.2) is 51.7 Å². The molecule has 0 aliphatic carbocycles. The SMILES string of the molecule is Cc1nn(CCC(=O)N2CCN(Cc3cccc(F)c3)CC2)cc1Cl. The third-order valence-corrected chi connectivity index (χ3v) is 4.83. The largest absolute Gasteiger partial charge is 0.340 e. The van der Waals surface area contributed by atoms with Crippen molar-refractivity contribution in [3.63, 3.8) is 0 Å². The van der Waals surface area contributed by atoms with E-state index in [1.54, 1.807) is 23.0 Å². The molecule has 0 atom stereocenters. The molecule has 0 N–H and O–H groups in total. The van der Waals surface area contributed by atoms with Crippen molar-refractivity contribution in [2.45, 2.75) is 26.4 Å². The molecular weight excluding hydrogens is 343 g/mol. The lowest BCUT2D eigenvalue weighted by molar-refractivity contribution is -0.133. The van der Waals surface area contributed by atoms with Crippen molar-refractivity contribution in [2.75, 3.05) is 26.2 Å². The summed E-state index contributed by atoms with van der Waals surface area (Å²) in [5, 5.41) is 4.89. The monoisotopic (exact) mass is 364 g/mol. The minimum absolute atomic E-state index is 0.134. The van der Waals surface area contributed by atoms with Crippen LogP contribution in [0.5, 0.6) is 0 Å². The van der Waals surface area contributed by atoms with Crippen LogP contribution in [0.2, 0.25) is 5.02 Å². The van der Waals surface area contributed by atoms with Gasteiger partial charge < -0.3 is 4.90 Å². The van der Waals surface area contributed by atoms with Gasteiger partial charge >= 0.3 is 0 Å². The first-order valence-electron chi connectivity index (χ1n) is 8.45. The van der Waals surface area contributed by atoms with Gasteiger partial charge in [-0.2, -0.15) is 5.10 Å². The summed E-state index contributed by atoms with van der Waals surface area (Å²) in [5.41, 5.74) is 1.74. The molecule has 2 heterocycles. The Hall–Kier alpha value is -1.92. The van der Waals surface area contributed by atoms with Gasteiger partial charge in [-0.15, -0.1) is 0 Å². The van der Waals surface area contributed by atoms with E-state index >= 15 is 0 Å². The zero-order valence-electron chi connectivity index (χ0n) is 14.3. The van der Waals surface area contributed by atoms with Gasteiger partial charge in [-0.3, -0.25) is 14.4 Å². The summed E-state index contributed by atoms with van der Waals surface area (Å²) >= 11 is 5.98. The van der Waals surface area contributed by atoms with Crippen molar-refractivity contribution in [3.8, 4) is 0 Å². The molecule has 1 fully saturated rings. The Kier molecular flexibility index (Phi) is 5.71. The van der Waals surface area contributed by atoms with Crippen LogP contribution in [0.25, 0.3) is 0 Å². The first-order valence-corrected chi connectivity index (χ1v) is 8.83. The van der Waals surface area contributed by atoms with Gasteiger partial charge in [0.15, 0.2) is 0 Å². The number of nitrogens with zero attached hydrogens (tertiary/aromatic N) is 4. The lowest BCUT2D eigenvalue weighted by Gasteiger charge is -2.34. The second-order valence-electron chi connectivity index (χ2n) is 6.36. The minimum Gasteiger partial charge on any atom is -0.340 e. The lowest BCUT2D eigenvalue weighted by Crippen LogP contribution is -2.48. The number of rotatable bonds is 5. The summed E-state index contributed by atoms with van der Waals surface area (Å²) in [4.78, 5) is 16.5. The van der Waals surface area contributed by atoms with Gasteiger partial charge in [-0.25, -0.2) is 4.39 Å². The average molecular weight is 365 g/mol. The van der Waals surface area contributed by atoms with E-state index in [1.807, 2.05) is 17.9 Å². The topological polar surface area (TPSA) is 41.4 Å². The van der Waals surface area contributed by atoms with Crippen LogP contribution in [0.15, 0.2) is 30.5 Å². The molecule has 25 heavy (non-hydrogen) atoms. The molecular formula is C18H22ClFN4O. The smallest absolute Gasteiger partial charge is 0.224 e. The van der Waals surface area contributed by atoms with Crippen molar-refractivity contribution in [2.24, 2.45) is 0 Å². The fourth-order valence-electron chi connectivity index (χ4n) is 3.03. The van der Waals surface area contributed by atoms with Crippen LogP contribution < -0.4 is 0 Å². The van der Waals surface area contributed by atoms with Gasteiger partial charge in [-0.05, 0) is 24.6 Å². The molecule has 0 bridgehead atoms. The number of carbonyl (C=O) groups is 1. The normalized spacial score (nSPS) is 15.6. The van der Waals surface area contributed by atoms with Crippen LogP contribution in [0.4, 0.5) is 4.39 Å². The number of amides is 1. The van der Waals surface area contributed by atoms with Gasteiger partial charge in [0.2, 0.25) is 5.91 Å². The molecule has 1 aliphatic heterocycles. The maximum atomic E-state index is 13.3. The van der Waals surface area contributed by atoms with E-state index in [0.29, 0.717) is 37.6 Å². The van der Waals surface area contributed by atoms with Gasteiger partial charge in [0.05, 0.1) is 10.7 Å². The standard InChI is InChI=1S/C18H22ClFN4O/c1-14-17(19)13-24(21-14)6-5-18(25)23-9-7-22(8-10-23)12-15-3-2-4-16(20)11-15/h2-4,11,13H,5-10,12H2,1H3. The number of hydrogen-bond acceptors (Lipinski definition) is 3. The molecule has 134 valence electrons. The maximum Gasteiger partial charge on any atom is 0.224 e. The van der Waals surface area contributed by atoms with Gasteiger partial charge in [0.25, 0.3) is 0 Å². The van der Waals surface area contributed by atoms with Crippen molar-refractivity contribution in [1.82, 2.24) is 19.6 Å². The number of benzene rings is 1. The molecule has 7 heteroatoms. The Balaban J connectivity index is 1.44. The van der Waals surface area contributed by atoms with E-state index in [-0.39, 0.29) is 11.7 Å². The highest BCUT2D eigenvalue weighted by Crippen LogP contribution is 2.13. The highest BCUT2D eigenvalue weighted by molar-refractivity contribution is 6.31. The lowest BCUT2D eigenvalue weighted by atomic mass is 10.2. The van der Waals surface area contributed by atoms with Crippen molar-refractivity contribution in [3.05, 3.63) is 52.6 Å². The third-order valence-electron chi connectivity index (χ3n) is 4.46. The van der Waals surface area contributed by atoms with Crippen LogP contribution in [0.3, 0.4) is 0 Å². The Morgan fingerprint density at radius 1 is 1.28 bits per heavy atom. The second kappa shape index (κ2) is 7.97. The molecule has 5 nitrogen and oxygen atoms in total. The number of aryl methyl sites for hydroxylation is 2. The molecule has 0 saturated carbocycles. The van der Waals surface area contributed by atoms with Crippen molar-refractivity contribution in [1.29, 1.82) is 0 Å². The molecule has 1 aromatic carbocycles. The third kappa shape index (κ3) is 4.80. The summed E-state index contributed by atoms with van der Waals surface area (Å²) in [6, 6.07) is 6.68. The number of aromatic nitrogens is 2. The maximum absolute atomic E-state index is 13.3. The van der Waals surface area contributed by atoms with Crippen molar-refractivity contribution < 1.29 is 9.18 Å². The summed E-state index contributed by atoms with van der Waals surface area (Å²) in [5.74, 6) is -0.0741. The Morgan fingerprint density at radius 2 is 2.04 bits per heavy atom. The van der Waals surface area contributed by atoms with Gasteiger partial charge in [-0.1, -0.05) is 23.7 Å². The minimum atomic E-state index is -0.208. The van der Waals surface area contributed by atoms with E-state index in [0.717, 1.165) is 24.3 Å². The zero-order chi connectivity index (χ0) is 17.8. The molecule has 0 radical (unpaired) electrons. The summed E-state index contributed by atoms with van der Waals surface area (Å²) in [7, 11) is 0. The first-order chi connectivity index (χ1) is 12.0. The number of hydrogen-bond donors (Lipinski definition) is 0.